The lowest BCUT2D eigenvalue weighted by molar-refractivity contribution is -0.159. The summed E-state index contributed by atoms with van der Waals surface area (Å²) >= 11 is 0. The molecule has 30 heavy (non-hydrogen) atoms. The van der Waals surface area contributed by atoms with Gasteiger partial charge in [-0.2, -0.15) is 0 Å². The average molecular weight is 417 g/mol. The van der Waals surface area contributed by atoms with Crippen LogP contribution in [0.15, 0.2) is 42.5 Å². The molecule has 2 aromatic carbocycles. The zero-order valence-corrected chi connectivity index (χ0v) is 17.7. The molecule has 0 bridgehead atoms. The van der Waals surface area contributed by atoms with E-state index in [1.165, 1.54) is 19.2 Å². The maximum atomic E-state index is 13.0. The standard InChI is InChI=1S/C23H28FNO5/c1-5-29-23(27)21(30-15(2)3)13-17-8-11-20(28-4)19(12-17)25-22(26)14-16-6-9-18(24)10-7-16/h6-12,15,21H,5,13-14H2,1-4H3,(H,25,26). The predicted molar refractivity (Wildman–Crippen MR) is 112 cm³/mol. The van der Waals surface area contributed by atoms with Crippen LogP contribution in [0.4, 0.5) is 10.1 Å². The number of hydrogen-bond donors (Lipinski definition) is 1. The lowest BCUT2D eigenvalue weighted by Crippen LogP contribution is -2.31. The minimum atomic E-state index is -0.749. The van der Waals surface area contributed by atoms with Crippen LogP contribution in [0.25, 0.3) is 0 Å². The molecule has 0 aliphatic rings. The molecule has 7 heteroatoms. The van der Waals surface area contributed by atoms with Crippen LogP contribution in [0.2, 0.25) is 0 Å². The summed E-state index contributed by atoms with van der Waals surface area (Å²) in [6.07, 6.45) is -0.508. The van der Waals surface area contributed by atoms with Crippen LogP contribution in [-0.4, -0.2) is 37.8 Å². The van der Waals surface area contributed by atoms with Crippen molar-refractivity contribution in [3.63, 3.8) is 0 Å². The Kier molecular flexibility index (Phi) is 8.80. The monoisotopic (exact) mass is 417 g/mol. The van der Waals surface area contributed by atoms with E-state index in [2.05, 4.69) is 5.32 Å². The summed E-state index contributed by atoms with van der Waals surface area (Å²) in [5.41, 5.74) is 1.96. The Hall–Kier alpha value is -2.93. The van der Waals surface area contributed by atoms with Gasteiger partial charge in [-0.05, 0) is 56.2 Å². The van der Waals surface area contributed by atoms with Gasteiger partial charge in [0.2, 0.25) is 5.91 Å². The van der Waals surface area contributed by atoms with Gasteiger partial charge in [-0.15, -0.1) is 0 Å². The van der Waals surface area contributed by atoms with Gasteiger partial charge in [0, 0.05) is 6.42 Å². The SMILES string of the molecule is CCOC(=O)C(Cc1ccc(OC)c(NC(=O)Cc2ccc(F)cc2)c1)OC(C)C. The second kappa shape index (κ2) is 11.3. The Balaban J connectivity index is 2.15. The lowest BCUT2D eigenvalue weighted by atomic mass is 10.1. The topological polar surface area (TPSA) is 73.9 Å². The van der Waals surface area contributed by atoms with E-state index in [0.717, 1.165) is 5.56 Å². The van der Waals surface area contributed by atoms with Crippen LogP contribution in [0.1, 0.15) is 31.9 Å². The molecule has 1 N–H and O–H groups in total. The van der Waals surface area contributed by atoms with Gasteiger partial charge in [0.15, 0.2) is 6.10 Å². The van der Waals surface area contributed by atoms with Crippen molar-refractivity contribution >= 4 is 17.6 Å². The van der Waals surface area contributed by atoms with Crippen molar-refractivity contribution in [1.82, 2.24) is 0 Å². The van der Waals surface area contributed by atoms with Gasteiger partial charge in [0.05, 0.1) is 31.9 Å². The summed E-state index contributed by atoms with van der Waals surface area (Å²) in [7, 11) is 1.51. The molecule has 0 radical (unpaired) electrons. The Morgan fingerprint density at radius 3 is 2.33 bits per heavy atom. The van der Waals surface area contributed by atoms with E-state index in [9.17, 15) is 14.0 Å². The molecule has 0 aliphatic carbocycles. The van der Waals surface area contributed by atoms with Gasteiger partial charge in [-0.25, -0.2) is 9.18 Å². The lowest BCUT2D eigenvalue weighted by Gasteiger charge is -2.20. The molecule has 0 saturated carbocycles. The molecule has 0 heterocycles. The largest absolute Gasteiger partial charge is 0.495 e. The number of carbonyl (C=O) groups excluding carboxylic acids is 2. The highest BCUT2D eigenvalue weighted by Crippen LogP contribution is 2.27. The van der Waals surface area contributed by atoms with Crippen LogP contribution < -0.4 is 10.1 Å². The highest BCUT2D eigenvalue weighted by atomic mass is 19.1. The van der Waals surface area contributed by atoms with Crippen LogP contribution in [0.3, 0.4) is 0 Å². The quantitative estimate of drug-likeness (QED) is 0.593. The summed E-state index contributed by atoms with van der Waals surface area (Å²) in [4.78, 5) is 24.7. The first kappa shape index (κ1) is 23.3. The van der Waals surface area contributed by atoms with Crippen LogP contribution in [-0.2, 0) is 31.9 Å². The fourth-order valence-electron chi connectivity index (χ4n) is 2.93. The molecule has 2 aromatic rings. The number of rotatable bonds is 10. The first-order valence-corrected chi connectivity index (χ1v) is 9.85. The molecule has 0 aliphatic heterocycles. The molecular weight excluding hydrogens is 389 g/mol. The number of halogens is 1. The number of amides is 1. The number of anilines is 1. The Bertz CT molecular complexity index is 851. The third-order valence-corrected chi connectivity index (χ3v) is 4.22. The summed E-state index contributed by atoms with van der Waals surface area (Å²) in [6.45, 7) is 5.71. The molecule has 2 rings (SSSR count). The molecule has 1 unspecified atom stereocenters. The van der Waals surface area contributed by atoms with E-state index < -0.39 is 12.1 Å². The predicted octanol–water partition coefficient (Wildman–Crippen LogP) is 3.91. The number of hydrogen-bond acceptors (Lipinski definition) is 5. The third kappa shape index (κ3) is 7.15. The molecule has 0 spiro atoms. The number of carbonyl (C=O) groups is 2. The van der Waals surface area contributed by atoms with E-state index in [1.807, 2.05) is 19.9 Å². The Morgan fingerprint density at radius 1 is 1.07 bits per heavy atom. The fourth-order valence-corrected chi connectivity index (χ4v) is 2.93. The van der Waals surface area contributed by atoms with Gasteiger partial charge < -0.3 is 19.5 Å². The molecule has 0 saturated heterocycles. The minimum Gasteiger partial charge on any atom is -0.495 e. The number of methoxy groups -OCH3 is 1. The van der Waals surface area contributed by atoms with Crippen molar-refractivity contribution in [2.24, 2.45) is 0 Å². The molecule has 0 fully saturated rings. The first-order chi connectivity index (χ1) is 14.3. The average Bonchev–Trinajstić information content (AvgIpc) is 2.69. The van der Waals surface area contributed by atoms with Crippen molar-refractivity contribution in [3.8, 4) is 5.75 Å². The van der Waals surface area contributed by atoms with E-state index in [1.54, 1.807) is 31.2 Å². The third-order valence-electron chi connectivity index (χ3n) is 4.22. The van der Waals surface area contributed by atoms with Gasteiger partial charge in [0.25, 0.3) is 0 Å². The molecular formula is C23H28FNO5. The maximum absolute atomic E-state index is 13.0. The molecule has 6 nitrogen and oxygen atoms in total. The summed E-state index contributed by atoms with van der Waals surface area (Å²) < 4.78 is 29.2. The van der Waals surface area contributed by atoms with Crippen molar-refractivity contribution < 1.29 is 28.2 Å². The van der Waals surface area contributed by atoms with Crippen LogP contribution in [0, 0.1) is 5.82 Å². The van der Waals surface area contributed by atoms with E-state index >= 15 is 0 Å². The summed E-state index contributed by atoms with van der Waals surface area (Å²) in [5, 5.41) is 2.82. The van der Waals surface area contributed by atoms with Crippen molar-refractivity contribution in [2.75, 3.05) is 19.0 Å². The second-order valence-corrected chi connectivity index (χ2v) is 7.02. The van der Waals surface area contributed by atoms with Gasteiger partial charge in [-0.1, -0.05) is 18.2 Å². The number of ether oxygens (including phenoxy) is 3. The summed E-state index contributed by atoms with van der Waals surface area (Å²) in [5.74, 6) is -0.557. The maximum Gasteiger partial charge on any atom is 0.335 e. The van der Waals surface area contributed by atoms with Crippen LogP contribution >= 0.6 is 0 Å². The molecule has 1 amide bonds. The van der Waals surface area contributed by atoms with Crippen LogP contribution in [0.5, 0.6) is 5.75 Å². The van der Waals surface area contributed by atoms with Gasteiger partial charge >= 0.3 is 5.97 Å². The highest BCUT2D eigenvalue weighted by Gasteiger charge is 2.23. The van der Waals surface area contributed by atoms with E-state index in [-0.39, 0.29) is 30.9 Å². The number of esters is 1. The fraction of sp³-hybridized carbons (Fsp3) is 0.391. The second-order valence-electron chi connectivity index (χ2n) is 7.02. The molecule has 1 atom stereocenters. The molecule has 0 aromatic heterocycles. The summed E-state index contributed by atoms with van der Waals surface area (Å²) in [6, 6.07) is 11.0. The van der Waals surface area contributed by atoms with E-state index in [4.69, 9.17) is 14.2 Å². The smallest absolute Gasteiger partial charge is 0.335 e. The highest BCUT2D eigenvalue weighted by molar-refractivity contribution is 5.93. The Labute approximate surface area is 176 Å². The van der Waals surface area contributed by atoms with E-state index in [0.29, 0.717) is 23.4 Å². The normalized spacial score (nSPS) is 11.8. The van der Waals surface area contributed by atoms with Crippen molar-refractivity contribution in [1.29, 1.82) is 0 Å². The zero-order valence-electron chi connectivity index (χ0n) is 17.7. The Morgan fingerprint density at radius 2 is 1.73 bits per heavy atom. The minimum absolute atomic E-state index is 0.0928. The van der Waals surface area contributed by atoms with Crippen molar-refractivity contribution in [2.45, 2.75) is 45.8 Å². The zero-order chi connectivity index (χ0) is 22.1. The van der Waals surface area contributed by atoms with Gasteiger partial charge in [0.1, 0.15) is 11.6 Å². The number of nitrogens with one attached hydrogen (secondary N) is 1. The number of benzene rings is 2. The van der Waals surface area contributed by atoms with Crippen molar-refractivity contribution in [3.05, 3.63) is 59.4 Å². The molecule has 162 valence electrons. The van der Waals surface area contributed by atoms with Gasteiger partial charge in [-0.3, -0.25) is 4.79 Å². The first-order valence-electron chi connectivity index (χ1n) is 9.85.